The second kappa shape index (κ2) is 6.28. The molecule has 1 aliphatic rings. The van der Waals surface area contributed by atoms with Gasteiger partial charge in [0.25, 0.3) is 11.8 Å². The van der Waals surface area contributed by atoms with E-state index in [1.54, 1.807) is 18.2 Å². The highest BCUT2D eigenvalue weighted by Crippen LogP contribution is 2.26. The fourth-order valence-corrected chi connectivity index (χ4v) is 2.93. The number of benzene rings is 2. The Hall–Kier alpha value is -2.95. The lowest BCUT2D eigenvalue weighted by atomic mass is 9.95. The van der Waals surface area contributed by atoms with Gasteiger partial charge in [0.2, 0.25) is 5.91 Å². The highest BCUT2D eigenvalue weighted by Gasteiger charge is 2.33. The van der Waals surface area contributed by atoms with Gasteiger partial charge in [-0.05, 0) is 30.2 Å². The third kappa shape index (κ3) is 2.69. The van der Waals surface area contributed by atoms with E-state index < -0.39 is 0 Å². The molecule has 3 amide bonds. The first-order valence-corrected chi connectivity index (χ1v) is 7.85. The average molecular weight is 322 g/mol. The molecule has 0 saturated carbocycles. The molecule has 5 heteroatoms. The maximum atomic E-state index is 12.6. The highest BCUT2D eigenvalue weighted by molar-refractivity contribution is 6.21. The molecule has 1 unspecified atom stereocenters. The number of fused-ring (bicyclic) bond motifs is 1. The van der Waals surface area contributed by atoms with Crippen molar-refractivity contribution in [1.82, 2.24) is 4.90 Å². The Balaban J connectivity index is 1.83. The molecule has 1 heterocycles. The van der Waals surface area contributed by atoms with Crippen LogP contribution in [-0.2, 0) is 4.79 Å². The van der Waals surface area contributed by atoms with Crippen molar-refractivity contribution >= 4 is 23.4 Å². The zero-order valence-corrected chi connectivity index (χ0v) is 13.6. The van der Waals surface area contributed by atoms with Crippen LogP contribution in [0.3, 0.4) is 0 Å². The van der Waals surface area contributed by atoms with Gasteiger partial charge in [-0.2, -0.15) is 0 Å². The lowest BCUT2D eigenvalue weighted by molar-refractivity contribution is -0.117. The molecular weight excluding hydrogens is 304 g/mol. The van der Waals surface area contributed by atoms with E-state index in [9.17, 15) is 14.4 Å². The largest absolute Gasteiger partial charge is 0.326 e. The van der Waals surface area contributed by atoms with Crippen LogP contribution in [0.2, 0.25) is 0 Å². The SMILES string of the molecule is CCC(C(=O)Nc1ccc2c(c1)C(=O)N(C)C2=O)c1ccccc1. The number of hydrogen-bond acceptors (Lipinski definition) is 3. The van der Waals surface area contributed by atoms with Crippen molar-refractivity contribution in [3.63, 3.8) is 0 Å². The molecule has 2 aromatic carbocycles. The maximum Gasteiger partial charge on any atom is 0.261 e. The standard InChI is InChI=1S/C19H18N2O3/c1-3-14(12-7-5-4-6-8-12)17(22)20-13-9-10-15-16(11-13)19(24)21(2)18(15)23/h4-11,14H,3H2,1-2H3,(H,20,22). The third-order valence-electron chi connectivity index (χ3n) is 4.28. The van der Waals surface area contributed by atoms with Crippen molar-refractivity contribution in [2.45, 2.75) is 19.3 Å². The molecule has 5 nitrogen and oxygen atoms in total. The van der Waals surface area contributed by atoms with Crippen LogP contribution >= 0.6 is 0 Å². The minimum Gasteiger partial charge on any atom is -0.326 e. The van der Waals surface area contributed by atoms with Gasteiger partial charge >= 0.3 is 0 Å². The second-order valence-electron chi connectivity index (χ2n) is 5.79. The second-order valence-corrected chi connectivity index (χ2v) is 5.79. The van der Waals surface area contributed by atoms with Gasteiger partial charge in [0, 0.05) is 12.7 Å². The van der Waals surface area contributed by atoms with Crippen LogP contribution in [0, 0.1) is 0 Å². The predicted molar refractivity (Wildman–Crippen MR) is 91.0 cm³/mol. The third-order valence-corrected chi connectivity index (χ3v) is 4.28. The van der Waals surface area contributed by atoms with Crippen molar-refractivity contribution in [3.05, 3.63) is 65.2 Å². The van der Waals surface area contributed by atoms with Gasteiger partial charge in [-0.15, -0.1) is 0 Å². The summed E-state index contributed by atoms with van der Waals surface area (Å²) in [6.07, 6.45) is 0.668. The van der Waals surface area contributed by atoms with E-state index in [1.807, 2.05) is 37.3 Å². The molecule has 0 aromatic heterocycles. The molecule has 1 atom stereocenters. The molecule has 0 radical (unpaired) electrons. The Morgan fingerprint density at radius 3 is 2.38 bits per heavy atom. The zero-order chi connectivity index (χ0) is 17.3. The zero-order valence-electron chi connectivity index (χ0n) is 13.6. The number of nitrogens with zero attached hydrogens (tertiary/aromatic N) is 1. The van der Waals surface area contributed by atoms with Gasteiger partial charge < -0.3 is 5.32 Å². The molecule has 122 valence electrons. The van der Waals surface area contributed by atoms with Crippen molar-refractivity contribution in [2.75, 3.05) is 12.4 Å². The van der Waals surface area contributed by atoms with Crippen molar-refractivity contribution < 1.29 is 14.4 Å². The van der Waals surface area contributed by atoms with Crippen LogP contribution in [0.5, 0.6) is 0 Å². The van der Waals surface area contributed by atoms with Crippen molar-refractivity contribution in [3.8, 4) is 0 Å². The van der Waals surface area contributed by atoms with Crippen molar-refractivity contribution in [1.29, 1.82) is 0 Å². The minimum atomic E-state index is -0.346. The summed E-state index contributed by atoms with van der Waals surface area (Å²) in [6.45, 7) is 1.96. The molecular formula is C19H18N2O3. The van der Waals surface area contributed by atoms with Gasteiger partial charge in [-0.1, -0.05) is 37.3 Å². The molecule has 1 N–H and O–H groups in total. The Morgan fingerprint density at radius 2 is 1.71 bits per heavy atom. The molecule has 3 rings (SSSR count). The molecule has 24 heavy (non-hydrogen) atoms. The first-order chi connectivity index (χ1) is 11.5. The summed E-state index contributed by atoms with van der Waals surface area (Å²) >= 11 is 0. The summed E-state index contributed by atoms with van der Waals surface area (Å²) in [4.78, 5) is 37.6. The lowest BCUT2D eigenvalue weighted by Gasteiger charge is -2.15. The Labute approximate surface area is 140 Å². The van der Waals surface area contributed by atoms with Gasteiger partial charge in [-0.25, -0.2) is 0 Å². The number of hydrogen-bond donors (Lipinski definition) is 1. The molecule has 0 bridgehead atoms. The van der Waals surface area contributed by atoms with Crippen LogP contribution in [0.4, 0.5) is 5.69 Å². The fraction of sp³-hybridized carbons (Fsp3) is 0.211. The summed E-state index contributed by atoms with van der Waals surface area (Å²) in [5.74, 6) is -1.06. The maximum absolute atomic E-state index is 12.6. The van der Waals surface area contributed by atoms with Gasteiger partial charge in [0.15, 0.2) is 0 Å². The number of rotatable bonds is 4. The number of carbonyl (C=O) groups is 3. The number of anilines is 1. The topological polar surface area (TPSA) is 66.5 Å². The Kier molecular flexibility index (Phi) is 4.16. The Bertz CT molecular complexity index is 815. The van der Waals surface area contributed by atoms with E-state index in [-0.39, 0.29) is 23.6 Å². The number of amides is 3. The number of carbonyl (C=O) groups excluding carboxylic acids is 3. The first kappa shape index (κ1) is 15.9. The number of imide groups is 1. The summed E-state index contributed by atoms with van der Waals surface area (Å²) in [5.41, 5.74) is 2.16. The van der Waals surface area contributed by atoms with Crippen LogP contribution < -0.4 is 5.32 Å². The summed E-state index contributed by atoms with van der Waals surface area (Å²) in [7, 11) is 1.45. The summed E-state index contributed by atoms with van der Waals surface area (Å²) in [6, 6.07) is 14.4. The van der Waals surface area contributed by atoms with Crippen LogP contribution in [0.1, 0.15) is 45.5 Å². The smallest absolute Gasteiger partial charge is 0.261 e. The van der Waals surface area contributed by atoms with Crippen LogP contribution in [-0.4, -0.2) is 29.7 Å². The van der Waals surface area contributed by atoms with E-state index in [2.05, 4.69) is 5.32 Å². The molecule has 0 saturated heterocycles. The fourth-order valence-electron chi connectivity index (χ4n) is 2.93. The molecule has 0 fully saturated rings. The molecule has 0 aliphatic carbocycles. The van der Waals surface area contributed by atoms with Crippen LogP contribution in [0.15, 0.2) is 48.5 Å². The quantitative estimate of drug-likeness (QED) is 0.880. The van der Waals surface area contributed by atoms with Crippen LogP contribution in [0.25, 0.3) is 0 Å². The van der Waals surface area contributed by atoms with Crippen molar-refractivity contribution in [2.24, 2.45) is 0 Å². The predicted octanol–water partition coefficient (Wildman–Crippen LogP) is 3.04. The van der Waals surface area contributed by atoms with Gasteiger partial charge in [0.1, 0.15) is 0 Å². The van der Waals surface area contributed by atoms with E-state index in [0.717, 1.165) is 10.5 Å². The van der Waals surface area contributed by atoms with E-state index in [0.29, 0.717) is 23.2 Å². The molecule has 1 aliphatic heterocycles. The Morgan fingerprint density at radius 1 is 1.04 bits per heavy atom. The molecule has 0 spiro atoms. The van der Waals surface area contributed by atoms with Gasteiger partial charge in [0.05, 0.1) is 17.0 Å². The lowest BCUT2D eigenvalue weighted by Crippen LogP contribution is -2.24. The summed E-state index contributed by atoms with van der Waals surface area (Å²) < 4.78 is 0. The van der Waals surface area contributed by atoms with E-state index >= 15 is 0 Å². The monoisotopic (exact) mass is 322 g/mol. The summed E-state index contributed by atoms with van der Waals surface area (Å²) in [5, 5.41) is 2.85. The number of nitrogens with one attached hydrogen (secondary N) is 1. The highest BCUT2D eigenvalue weighted by atomic mass is 16.2. The average Bonchev–Trinajstić information content (AvgIpc) is 2.81. The normalized spacial score (nSPS) is 14.5. The first-order valence-electron chi connectivity index (χ1n) is 7.85. The minimum absolute atomic E-state index is 0.131. The molecule has 2 aromatic rings. The van der Waals surface area contributed by atoms with E-state index in [1.165, 1.54) is 7.05 Å². The van der Waals surface area contributed by atoms with Gasteiger partial charge in [-0.3, -0.25) is 19.3 Å². The van der Waals surface area contributed by atoms with E-state index in [4.69, 9.17) is 0 Å².